The van der Waals surface area contributed by atoms with E-state index in [0.29, 0.717) is 12.1 Å². The molecule has 1 aromatic rings. The second-order valence-electron chi connectivity index (χ2n) is 3.92. The molecule has 0 bridgehead atoms. The zero-order valence-corrected chi connectivity index (χ0v) is 10.5. The van der Waals surface area contributed by atoms with Crippen LogP contribution in [0.3, 0.4) is 0 Å². The third-order valence-electron chi connectivity index (χ3n) is 2.86. The lowest BCUT2D eigenvalue weighted by Crippen LogP contribution is -2.39. The summed E-state index contributed by atoms with van der Waals surface area (Å²) < 4.78 is 0.821. The molecule has 86 valence electrons. The lowest BCUT2D eigenvalue weighted by molar-refractivity contribution is 0.0740. The first-order chi connectivity index (χ1) is 7.72. The van der Waals surface area contributed by atoms with E-state index in [0.717, 1.165) is 23.9 Å². The van der Waals surface area contributed by atoms with Crippen LogP contribution in [0.5, 0.6) is 0 Å². The van der Waals surface area contributed by atoms with E-state index in [4.69, 9.17) is 5.73 Å². The minimum absolute atomic E-state index is 0.0294. The van der Waals surface area contributed by atoms with Crippen LogP contribution in [0, 0.1) is 0 Å². The van der Waals surface area contributed by atoms with Crippen LogP contribution >= 0.6 is 15.9 Å². The third-order valence-corrected chi connectivity index (χ3v) is 3.30. The molecule has 16 heavy (non-hydrogen) atoms. The Labute approximate surface area is 103 Å². The summed E-state index contributed by atoms with van der Waals surface area (Å²) in [5, 5.41) is 0. The average molecular weight is 284 g/mol. The molecule has 2 rings (SSSR count). The standard InChI is InChI=1S/C11H14BrN3O/c12-9-4-8(6-14-7-9)11(16)15-3-1-2-10(15)5-13/h4,6-7,10H,1-3,5,13H2. The van der Waals surface area contributed by atoms with Crippen LogP contribution in [0.2, 0.25) is 0 Å². The molecule has 2 N–H and O–H groups in total. The van der Waals surface area contributed by atoms with Gasteiger partial charge in [-0.05, 0) is 34.8 Å². The van der Waals surface area contributed by atoms with Crippen molar-refractivity contribution in [1.82, 2.24) is 9.88 Å². The summed E-state index contributed by atoms with van der Waals surface area (Å²) in [6.07, 6.45) is 5.30. The average Bonchev–Trinajstić information content (AvgIpc) is 2.76. The van der Waals surface area contributed by atoms with E-state index >= 15 is 0 Å². The van der Waals surface area contributed by atoms with E-state index in [1.165, 1.54) is 0 Å². The molecule has 4 nitrogen and oxygen atoms in total. The van der Waals surface area contributed by atoms with E-state index in [1.807, 2.05) is 4.90 Å². The summed E-state index contributed by atoms with van der Waals surface area (Å²) in [6, 6.07) is 1.98. The summed E-state index contributed by atoms with van der Waals surface area (Å²) in [5.74, 6) is 0.0294. The molecule has 1 fully saturated rings. The van der Waals surface area contributed by atoms with Crippen molar-refractivity contribution < 1.29 is 4.79 Å². The predicted octanol–water partition coefficient (Wildman–Crippen LogP) is 1.41. The Kier molecular flexibility index (Phi) is 3.56. The van der Waals surface area contributed by atoms with Crippen LogP contribution < -0.4 is 5.73 Å². The first-order valence-corrected chi connectivity index (χ1v) is 6.13. The van der Waals surface area contributed by atoms with Gasteiger partial charge in [-0.15, -0.1) is 0 Å². The topological polar surface area (TPSA) is 59.2 Å². The smallest absolute Gasteiger partial charge is 0.255 e. The lowest BCUT2D eigenvalue weighted by Gasteiger charge is -2.23. The van der Waals surface area contributed by atoms with Crippen molar-refractivity contribution in [3.63, 3.8) is 0 Å². The Bertz CT molecular complexity index is 397. The summed E-state index contributed by atoms with van der Waals surface area (Å²) in [7, 11) is 0. The van der Waals surface area contributed by atoms with Crippen molar-refractivity contribution in [1.29, 1.82) is 0 Å². The molecule has 5 heteroatoms. The number of carbonyl (C=O) groups is 1. The molecule has 1 unspecified atom stereocenters. The fourth-order valence-electron chi connectivity index (χ4n) is 2.04. The third kappa shape index (κ3) is 2.25. The molecule has 1 amide bonds. The predicted molar refractivity (Wildman–Crippen MR) is 65.0 cm³/mol. The number of amides is 1. The van der Waals surface area contributed by atoms with Gasteiger partial charge < -0.3 is 10.6 Å². The first kappa shape index (κ1) is 11.5. The molecule has 0 aliphatic carbocycles. The van der Waals surface area contributed by atoms with Crippen molar-refractivity contribution in [3.8, 4) is 0 Å². The molecule has 1 aromatic heterocycles. The highest BCUT2D eigenvalue weighted by molar-refractivity contribution is 9.10. The van der Waals surface area contributed by atoms with Crippen molar-refractivity contribution >= 4 is 21.8 Å². The summed E-state index contributed by atoms with van der Waals surface area (Å²) in [5.41, 5.74) is 6.27. The van der Waals surface area contributed by atoms with Crippen LogP contribution in [0.4, 0.5) is 0 Å². The van der Waals surface area contributed by atoms with Crippen LogP contribution in [0.15, 0.2) is 22.9 Å². The van der Waals surface area contributed by atoms with Crippen molar-refractivity contribution in [2.45, 2.75) is 18.9 Å². The largest absolute Gasteiger partial charge is 0.334 e. The summed E-state index contributed by atoms with van der Waals surface area (Å²) >= 11 is 3.31. The fourth-order valence-corrected chi connectivity index (χ4v) is 2.41. The molecule has 1 saturated heterocycles. The number of halogens is 1. The number of aromatic nitrogens is 1. The molecule has 1 aliphatic rings. The maximum absolute atomic E-state index is 12.2. The molecule has 0 saturated carbocycles. The van der Waals surface area contributed by atoms with Gasteiger partial charge in [0.05, 0.1) is 5.56 Å². The van der Waals surface area contributed by atoms with Gasteiger partial charge in [-0.3, -0.25) is 9.78 Å². The van der Waals surface area contributed by atoms with Crippen LogP contribution in [-0.2, 0) is 0 Å². The van der Waals surface area contributed by atoms with Gasteiger partial charge in [-0.2, -0.15) is 0 Å². The van der Waals surface area contributed by atoms with Crippen LogP contribution in [-0.4, -0.2) is 34.9 Å². The minimum Gasteiger partial charge on any atom is -0.334 e. The van der Waals surface area contributed by atoms with Gasteiger partial charge in [0.1, 0.15) is 0 Å². The van der Waals surface area contributed by atoms with E-state index in [9.17, 15) is 4.79 Å². The van der Waals surface area contributed by atoms with E-state index in [-0.39, 0.29) is 11.9 Å². The first-order valence-electron chi connectivity index (χ1n) is 5.34. The Hall–Kier alpha value is -0.940. The van der Waals surface area contributed by atoms with Gasteiger partial charge in [0.2, 0.25) is 0 Å². The Morgan fingerprint density at radius 3 is 3.12 bits per heavy atom. The van der Waals surface area contributed by atoms with Crippen LogP contribution in [0.25, 0.3) is 0 Å². The van der Waals surface area contributed by atoms with E-state index in [1.54, 1.807) is 18.5 Å². The van der Waals surface area contributed by atoms with Gasteiger partial charge in [-0.1, -0.05) is 0 Å². The van der Waals surface area contributed by atoms with Crippen molar-refractivity contribution in [3.05, 3.63) is 28.5 Å². The number of rotatable bonds is 2. The zero-order valence-electron chi connectivity index (χ0n) is 8.90. The Morgan fingerprint density at radius 2 is 2.44 bits per heavy atom. The van der Waals surface area contributed by atoms with Crippen molar-refractivity contribution in [2.24, 2.45) is 5.73 Å². The fraction of sp³-hybridized carbons (Fsp3) is 0.455. The summed E-state index contributed by atoms with van der Waals surface area (Å²) in [6.45, 7) is 1.33. The van der Waals surface area contributed by atoms with Gasteiger partial charge in [0, 0.05) is 36.0 Å². The number of pyridine rings is 1. The Morgan fingerprint density at radius 1 is 1.62 bits per heavy atom. The number of carbonyl (C=O) groups excluding carboxylic acids is 1. The zero-order chi connectivity index (χ0) is 11.5. The Balaban J connectivity index is 2.18. The van der Waals surface area contributed by atoms with Gasteiger partial charge in [0.15, 0.2) is 0 Å². The second kappa shape index (κ2) is 4.93. The number of nitrogens with two attached hydrogens (primary N) is 1. The summed E-state index contributed by atoms with van der Waals surface area (Å²) in [4.78, 5) is 18.0. The number of nitrogens with zero attached hydrogens (tertiary/aromatic N) is 2. The second-order valence-corrected chi connectivity index (χ2v) is 4.84. The van der Waals surface area contributed by atoms with Crippen molar-refractivity contribution in [2.75, 3.05) is 13.1 Å². The SMILES string of the molecule is NCC1CCCN1C(=O)c1cncc(Br)c1. The molecule has 2 heterocycles. The monoisotopic (exact) mass is 283 g/mol. The van der Waals surface area contributed by atoms with Gasteiger partial charge >= 0.3 is 0 Å². The lowest BCUT2D eigenvalue weighted by atomic mass is 10.2. The van der Waals surface area contributed by atoms with Gasteiger partial charge in [-0.25, -0.2) is 0 Å². The van der Waals surface area contributed by atoms with E-state index in [2.05, 4.69) is 20.9 Å². The molecule has 1 atom stereocenters. The molecule has 0 aromatic carbocycles. The van der Waals surface area contributed by atoms with Crippen LogP contribution in [0.1, 0.15) is 23.2 Å². The number of likely N-dealkylation sites (tertiary alicyclic amines) is 1. The highest BCUT2D eigenvalue weighted by atomic mass is 79.9. The number of hydrogen-bond donors (Lipinski definition) is 1. The minimum atomic E-state index is 0.0294. The number of hydrogen-bond acceptors (Lipinski definition) is 3. The maximum Gasteiger partial charge on any atom is 0.255 e. The normalized spacial score (nSPS) is 20.1. The molecular formula is C11H14BrN3O. The quantitative estimate of drug-likeness (QED) is 0.893. The highest BCUT2D eigenvalue weighted by Crippen LogP contribution is 2.20. The molecule has 0 radical (unpaired) electrons. The van der Waals surface area contributed by atoms with E-state index < -0.39 is 0 Å². The maximum atomic E-state index is 12.2. The molecule has 0 spiro atoms. The molecular weight excluding hydrogens is 270 g/mol. The van der Waals surface area contributed by atoms with Gasteiger partial charge in [0.25, 0.3) is 5.91 Å². The molecule has 1 aliphatic heterocycles. The highest BCUT2D eigenvalue weighted by Gasteiger charge is 2.28.